The molecule has 1 aromatic rings. The summed E-state index contributed by atoms with van der Waals surface area (Å²) in [6, 6.07) is 0.0983. The van der Waals surface area contributed by atoms with Gasteiger partial charge < -0.3 is 9.67 Å². The van der Waals surface area contributed by atoms with E-state index in [1.165, 1.54) is 5.69 Å². The van der Waals surface area contributed by atoms with E-state index in [9.17, 15) is 4.79 Å². The van der Waals surface area contributed by atoms with Crippen molar-refractivity contribution in [3.8, 4) is 0 Å². The Bertz CT molecular complexity index is 396. The number of carbonyl (C=O) groups is 1. The molecule has 88 valence electrons. The van der Waals surface area contributed by atoms with Crippen LogP contribution in [0.2, 0.25) is 0 Å². The first-order valence-corrected chi connectivity index (χ1v) is 5.87. The van der Waals surface area contributed by atoms with Gasteiger partial charge in [-0.05, 0) is 19.3 Å². The lowest BCUT2D eigenvalue weighted by Crippen LogP contribution is -2.22. The third-order valence-electron chi connectivity index (χ3n) is 3.16. The van der Waals surface area contributed by atoms with Gasteiger partial charge in [0.05, 0.1) is 6.42 Å². The van der Waals surface area contributed by atoms with Crippen LogP contribution in [0.25, 0.3) is 0 Å². The second-order valence-corrected chi connectivity index (χ2v) is 4.78. The number of rotatable bonds is 3. The summed E-state index contributed by atoms with van der Waals surface area (Å²) in [6.45, 7) is 4.20. The highest BCUT2D eigenvalue weighted by Gasteiger charge is 2.25. The van der Waals surface area contributed by atoms with E-state index in [-0.39, 0.29) is 12.5 Å². The van der Waals surface area contributed by atoms with E-state index >= 15 is 0 Å². The van der Waals surface area contributed by atoms with Crippen molar-refractivity contribution in [3.05, 3.63) is 17.7 Å². The topological polar surface area (TPSA) is 55.1 Å². The summed E-state index contributed by atoms with van der Waals surface area (Å²) >= 11 is 0. The van der Waals surface area contributed by atoms with Gasteiger partial charge in [-0.3, -0.25) is 4.79 Å². The maximum Gasteiger partial charge on any atom is 0.305 e. The molecule has 0 saturated heterocycles. The number of nitrogens with zero attached hydrogens (tertiary/aromatic N) is 2. The van der Waals surface area contributed by atoms with E-state index in [0.29, 0.717) is 5.92 Å². The standard InChI is InChI=1S/C12H18N2O2/c1-8(2)12-13-7-10-5-3-4-9(14(10)12)6-11(15)16/h7-9H,3-6H2,1-2H3,(H,15,16). The molecule has 0 amide bonds. The number of carboxylic acids is 1. The van der Waals surface area contributed by atoms with Gasteiger partial charge >= 0.3 is 5.97 Å². The average Bonchev–Trinajstić information content (AvgIpc) is 2.61. The minimum absolute atomic E-state index is 0.0983. The minimum atomic E-state index is -0.721. The SMILES string of the molecule is CC(C)c1ncc2n1C(CC(=O)O)CCC2. The van der Waals surface area contributed by atoms with Crippen molar-refractivity contribution < 1.29 is 9.90 Å². The van der Waals surface area contributed by atoms with Gasteiger partial charge in [-0.15, -0.1) is 0 Å². The number of imidazole rings is 1. The fourth-order valence-corrected chi connectivity index (χ4v) is 2.49. The first-order chi connectivity index (χ1) is 7.59. The largest absolute Gasteiger partial charge is 0.481 e. The predicted octanol–water partition coefficient (Wildman–Crippen LogP) is 2.36. The second kappa shape index (κ2) is 4.28. The van der Waals surface area contributed by atoms with E-state index in [0.717, 1.165) is 25.1 Å². The summed E-state index contributed by atoms with van der Waals surface area (Å²) in [7, 11) is 0. The van der Waals surface area contributed by atoms with Gasteiger partial charge in [0.2, 0.25) is 0 Å². The molecule has 0 aliphatic carbocycles. The number of aromatic nitrogens is 2. The van der Waals surface area contributed by atoms with Gasteiger partial charge in [-0.2, -0.15) is 0 Å². The zero-order valence-corrected chi connectivity index (χ0v) is 9.81. The summed E-state index contributed by atoms with van der Waals surface area (Å²) in [6.07, 6.45) is 5.17. The van der Waals surface area contributed by atoms with Gasteiger partial charge in [0.1, 0.15) is 5.82 Å². The van der Waals surface area contributed by atoms with Crippen LogP contribution in [0.3, 0.4) is 0 Å². The van der Waals surface area contributed by atoms with E-state index in [2.05, 4.69) is 23.4 Å². The Morgan fingerprint density at radius 2 is 2.44 bits per heavy atom. The first-order valence-electron chi connectivity index (χ1n) is 5.87. The van der Waals surface area contributed by atoms with Crippen LogP contribution >= 0.6 is 0 Å². The number of hydrogen-bond acceptors (Lipinski definition) is 2. The lowest BCUT2D eigenvalue weighted by molar-refractivity contribution is -0.138. The van der Waals surface area contributed by atoms with Crippen LogP contribution in [-0.2, 0) is 11.2 Å². The maximum atomic E-state index is 10.8. The van der Waals surface area contributed by atoms with Crippen molar-refractivity contribution in [2.24, 2.45) is 0 Å². The fraction of sp³-hybridized carbons (Fsp3) is 0.667. The summed E-state index contributed by atoms with van der Waals surface area (Å²) < 4.78 is 2.16. The van der Waals surface area contributed by atoms with Gasteiger partial charge in [-0.25, -0.2) is 4.98 Å². The quantitative estimate of drug-likeness (QED) is 0.854. The highest BCUT2D eigenvalue weighted by molar-refractivity contribution is 5.67. The normalized spacial score (nSPS) is 19.8. The number of hydrogen-bond donors (Lipinski definition) is 1. The maximum absolute atomic E-state index is 10.8. The number of carboxylic acid groups (broad SMARTS) is 1. The zero-order chi connectivity index (χ0) is 11.7. The minimum Gasteiger partial charge on any atom is -0.481 e. The Morgan fingerprint density at radius 1 is 1.69 bits per heavy atom. The van der Waals surface area contributed by atoms with Gasteiger partial charge in [0.25, 0.3) is 0 Å². The van der Waals surface area contributed by atoms with Crippen LogP contribution in [0, 0.1) is 0 Å². The van der Waals surface area contributed by atoms with Crippen molar-refractivity contribution in [1.29, 1.82) is 0 Å². The van der Waals surface area contributed by atoms with Crippen LogP contribution in [-0.4, -0.2) is 20.6 Å². The molecule has 0 bridgehead atoms. The van der Waals surface area contributed by atoms with Crippen LogP contribution < -0.4 is 0 Å². The molecular weight excluding hydrogens is 204 g/mol. The third-order valence-corrected chi connectivity index (χ3v) is 3.16. The molecule has 4 heteroatoms. The molecule has 0 saturated carbocycles. The fourth-order valence-electron chi connectivity index (χ4n) is 2.49. The second-order valence-electron chi connectivity index (χ2n) is 4.78. The monoisotopic (exact) mass is 222 g/mol. The van der Waals surface area contributed by atoms with Gasteiger partial charge in [0.15, 0.2) is 0 Å². The number of fused-ring (bicyclic) bond motifs is 1. The molecule has 2 heterocycles. The van der Waals surface area contributed by atoms with Crippen molar-refractivity contribution >= 4 is 5.97 Å². The molecule has 1 aliphatic rings. The van der Waals surface area contributed by atoms with Crippen molar-refractivity contribution in [1.82, 2.24) is 9.55 Å². The van der Waals surface area contributed by atoms with Gasteiger partial charge in [0, 0.05) is 23.9 Å². The Morgan fingerprint density at radius 3 is 3.06 bits per heavy atom. The van der Waals surface area contributed by atoms with Crippen LogP contribution in [0.1, 0.15) is 56.6 Å². The zero-order valence-electron chi connectivity index (χ0n) is 9.81. The first kappa shape index (κ1) is 11.2. The Balaban J connectivity index is 2.34. The predicted molar refractivity (Wildman–Crippen MR) is 60.5 cm³/mol. The van der Waals surface area contributed by atoms with Crippen molar-refractivity contribution in [3.63, 3.8) is 0 Å². The molecule has 1 atom stereocenters. The summed E-state index contributed by atoms with van der Waals surface area (Å²) in [4.78, 5) is 15.3. The molecule has 0 fully saturated rings. The highest BCUT2D eigenvalue weighted by Crippen LogP contribution is 2.31. The molecule has 16 heavy (non-hydrogen) atoms. The average molecular weight is 222 g/mol. The molecule has 2 rings (SSSR count). The van der Waals surface area contributed by atoms with E-state index < -0.39 is 5.97 Å². The molecule has 1 aliphatic heterocycles. The van der Waals surface area contributed by atoms with Crippen molar-refractivity contribution in [2.45, 2.75) is 51.5 Å². The van der Waals surface area contributed by atoms with E-state index in [1.807, 2.05) is 6.20 Å². The Hall–Kier alpha value is -1.32. The lowest BCUT2D eigenvalue weighted by Gasteiger charge is -2.27. The van der Waals surface area contributed by atoms with Crippen LogP contribution in [0.5, 0.6) is 0 Å². The van der Waals surface area contributed by atoms with Gasteiger partial charge in [-0.1, -0.05) is 13.8 Å². The Kier molecular flexibility index (Phi) is 2.99. The lowest BCUT2D eigenvalue weighted by atomic mass is 9.99. The molecule has 4 nitrogen and oxygen atoms in total. The summed E-state index contributed by atoms with van der Waals surface area (Å²) in [5, 5.41) is 8.92. The van der Waals surface area contributed by atoms with E-state index in [4.69, 9.17) is 5.11 Å². The molecule has 0 aromatic carbocycles. The highest BCUT2D eigenvalue weighted by atomic mass is 16.4. The number of aryl methyl sites for hydroxylation is 1. The Labute approximate surface area is 95.3 Å². The summed E-state index contributed by atoms with van der Waals surface area (Å²) in [5.74, 6) is 0.658. The van der Waals surface area contributed by atoms with Crippen molar-refractivity contribution in [2.75, 3.05) is 0 Å². The molecule has 1 unspecified atom stereocenters. The molecule has 1 N–H and O–H groups in total. The molecule has 0 radical (unpaired) electrons. The van der Waals surface area contributed by atoms with Crippen LogP contribution in [0.15, 0.2) is 6.20 Å². The summed E-state index contributed by atoms with van der Waals surface area (Å²) in [5.41, 5.74) is 1.20. The van der Waals surface area contributed by atoms with Crippen LogP contribution in [0.4, 0.5) is 0 Å². The molecule has 1 aromatic heterocycles. The molecular formula is C12H18N2O2. The molecule has 0 spiro atoms. The third kappa shape index (κ3) is 1.96. The number of aliphatic carboxylic acids is 1. The van der Waals surface area contributed by atoms with E-state index in [1.54, 1.807) is 0 Å². The smallest absolute Gasteiger partial charge is 0.305 e.